The molecule has 33 heavy (non-hydrogen) atoms. The fraction of sp³-hybridized carbons (Fsp3) is 0.500. The predicted molar refractivity (Wildman–Crippen MR) is 108 cm³/mol. The van der Waals surface area contributed by atoms with E-state index >= 15 is 0 Å². The van der Waals surface area contributed by atoms with Crippen molar-refractivity contribution in [3.8, 4) is 0 Å². The molecule has 5 atom stereocenters. The average Bonchev–Trinajstić information content (AvgIpc) is 3.21. The number of ether oxygens (including phenoxy) is 1. The lowest BCUT2D eigenvalue weighted by Gasteiger charge is -2.41. The number of hydrogen-bond acceptors (Lipinski definition) is 2. The first-order chi connectivity index (χ1) is 15.4. The lowest BCUT2D eigenvalue weighted by molar-refractivity contribution is -0.143. The van der Waals surface area contributed by atoms with Crippen LogP contribution in [0.3, 0.4) is 0 Å². The Morgan fingerprint density at radius 3 is 2.06 bits per heavy atom. The number of nitrogens with one attached hydrogen (secondary N) is 1. The molecule has 0 bridgehead atoms. The zero-order chi connectivity index (χ0) is 24.0. The zero-order valence-corrected chi connectivity index (χ0v) is 17.8. The Kier molecular flexibility index (Phi) is 6.48. The minimum Gasteiger partial charge on any atom is -0.370 e. The van der Waals surface area contributed by atoms with Crippen molar-refractivity contribution >= 4 is 0 Å². The van der Waals surface area contributed by atoms with Gasteiger partial charge in [0.15, 0.2) is 0 Å². The van der Waals surface area contributed by atoms with E-state index in [2.05, 4.69) is 5.32 Å². The fourth-order valence-corrected chi connectivity index (χ4v) is 5.18. The van der Waals surface area contributed by atoms with Crippen molar-refractivity contribution < 1.29 is 35.5 Å². The third-order valence-electron chi connectivity index (χ3n) is 6.79. The highest BCUT2D eigenvalue weighted by molar-refractivity contribution is 5.35. The Morgan fingerprint density at radius 2 is 1.48 bits per heavy atom. The minimum absolute atomic E-state index is 0.118. The van der Waals surface area contributed by atoms with Crippen LogP contribution in [0.15, 0.2) is 42.5 Å². The quantitative estimate of drug-likeness (QED) is 0.496. The molecule has 0 spiro atoms. The average molecular weight is 475 g/mol. The number of rotatable bonds is 4. The van der Waals surface area contributed by atoms with E-state index in [1.807, 2.05) is 0 Å². The highest BCUT2D eigenvalue weighted by Gasteiger charge is 2.44. The summed E-state index contributed by atoms with van der Waals surface area (Å²) in [4.78, 5) is 0. The summed E-state index contributed by atoms with van der Waals surface area (Å²) in [6.07, 6.45) is -9.80. The number of halogens is 7. The molecule has 4 rings (SSSR count). The van der Waals surface area contributed by atoms with Gasteiger partial charge in [0, 0.05) is 5.92 Å². The van der Waals surface area contributed by atoms with Crippen molar-refractivity contribution in [3.05, 3.63) is 70.5 Å². The van der Waals surface area contributed by atoms with Crippen LogP contribution in [0, 0.1) is 17.7 Å². The van der Waals surface area contributed by atoms with Gasteiger partial charge in [-0.1, -0.05) is 12.1 Å². The van der Waals surface area contributed by atoms with Crippen molar-refractivity contribution in [2.24, 2.45) is 11.8 Å². The van der Waals surface area contributed by atoms with Gasteiger partial charge in [-0.05, 0) is 86.1 Å². The van der Waals surface area contributed by atoms with Crippen LogP contribution in [0.4, 0.5) is 30.7 Å². The second kappa shape index (κ2) is 8.91. The van der Waals surface area contributed by atoms with Crippen LogP contribution in [-0.2, 0) is 17.1 Å². The Balaban J connectivity index is 1.65. The standard InChI is InChI=1S/C24H24F7NO/c1-13(16-8-17(23(26,27)28)10-18(9-16)24(29,30)31)33-21-7-4-15-11-32-12-20(15)22(21)14-2-5-19(25)6-3-14/h2-3,5-6,8-10,13,15,20-22,32H,4,7,11-12H2,1H3/t13-,15+,20-,21-,22-/m0/s1. The number of benzene rings is 2. The molecule has 1 heterocycles. The van der Waals surface area contributed by atoms with Crippen LogP contribution >= 0.6 is 0 Å². The minimum atomic E-state index is -4.92. The molecule has 2 nitrogen and oxygen atoms in total. The van der Waals surface area contributed by atoms with Gasteiger partial charge in [0.2, 0.25) is 0 Å². The Bertz CT molecular complexity index is 938. The second-order valence-electron chi connectivity index (χ2n) is 8.89. The third kappa shape index (κ3) is 5.19. The monoisotopic (exact) mass is 475 g/mol. The molecule has 1 saturated carbocycles. The van der Waals surface area contributed by atoms with Crippen LogP contribution in [0.1, 0.15) is 54.0 Å². The van der Waals surface area contributed by atoms with Crippen LogP contribution in [-0.4, -0.2) is 19.2 Å². The number of hydrogen-bond donors (Lipinski definition) is 1. The second-order valence-corrected chi connectivity index (χ2v) is 8.89. The van der Waals surface area contributed by atoms with Crippen molar-refractivity contribution in [2.75, 3.05) is 13.1 Å². The molecule has 1 aliphatic carbocycles. The van der Waals surface area contributed by atoms with E-state index in [0.29, 0.717) is 12.3 Å². The van der Waals surface area contributed by atoms with E-state index in [4.69, 9.17) is 4.74 Å². The van der Waals surface area contributed by atoms with E-state index < -0.39 is 35.7 Å². The Hall–Kier alpha value is -2.13. The van der Waals surface area contributed by atoms with Gasteiger partial charge < -0.3 is 10.1 Å². The van der Waals surface area contributed by atoms with Gasteiger partial charge in [-0.25, -0.2) is 4.39 Å². The molecular formula is C24H24F7NO. The molecule has 1 saturated heterocycles. The van der Waals surface area contributed by atoms with Gasteiger partial charge >= 0.3 is 12.4 Å². The summed E-state index contributed by atoms with van der Waals surface area (Å²) < 4.78 is 99.3. The molecule has 0 aromatic heterocycles. The molecule has 9 heteroatoms. The first-order valence-corrected chi connectivity index (χ1v) is 10.8. The van der Waals surface area contributed by atoms with Crippen molar-refractivity contribution in [3.63, 3.8) is 0 Å². The van der Waals surface area contributed by atoms with E-state index in [-0.39, 0.29) is 29.3 Å². The lowest BCUT2D eigenvalue weighted by atomic mass is 9.69. The highest BCUT2D eigenvalue weighted by atomic mass is 19.4. The molecule has 180 valence electrons. The molecule has 0 unspecified atom stereocenters. The maximum Gasteiger partial charge on any atom is 0.416 e. The van der Waals surface area contributed by atoms with Crippen LogP contribution < -0.4 is 5.32 Å². The Morgan fingerprint density at radius 1 is 0.879 bits per heavy atom. The van der Waals surface area contributed by atoms with Gasteiger partial charge in [-0.2, -0.15) is 26.3 Å². The molecule has 1 aliphatic heterocycles. The molecule has 0 radical (unpaired) electrons. The third-order valence-corrected chi connectivity index (χ3v) is 6.79. The summed E-state index contributed by atoms with van der Waals surface area (Å²) in [7, 11) is 0. The number of fused-ring (bicyclic) bond motifs is 1. The van der Waals surface area contributed by atoms with Crippen molar-refractivity contribution in [1.82, 2.24) is 5.32 Å². The summed E-state index contributed by atoms with van der Waals surface area (Å²) in [6, 6.07) is 7.61. The highest BCUT2D eigenvalue weighted by Crippen LogP contribution is 2.46. The normalized spacial score (nSPS) is 26.8. The summed E-state index contributed by atoms with van der Waals surface area (Å²) >= 11 is 0. The van der Waals surface area contributed by atoms with Crippen molar-refractivity contribution in [2.45, 2.75) is 50.2 Å². The van der Waals surface area contributed by atoms with E-state index in [1.54, 1.807) is 12.1 Å². The molecule has 2 fully saturated rings. The summed E-state index contributed by atoms with van der Waals surface area (Å²) in [5.41, 5.74) is -2.04. The first kappa shape index (κ1) is 24.0. The zero-order valence-electron chi connectivity index (χ0n) is 17.8. The van der Waals surface area contributed by atoms with Gasteiger partial charge in [-0.3, -0.25) is 0 Å². The molecule has 1 N–H and O–H groups in total. The first-order valence-electron chi connectivity index (χ1n) is 10.8. The molecular weight excluding hydrogens is 451 g/mol. The maximum atomic E-state index is 13.5. The molecule has 2 aliphatic rings. The maximum absolute atomic E-state index is 13.5. The SMILES string of the molecule is C[C@H](O[C@H]1CC[C@@H]2CNC[C@@H]2[C@@H]1c1ccc(F)cc1)c1cc(C(F)(F)F)cc(C(F)(F)F)c1. The molecule has 2 aromatic rings. The summed E-state index contributed by atoms with van der Waals surface area (Å²) in [5, 5.41) is 3.35. The number of alkyl halides is 6. The van der Waals surface area contributed by atoms with Gasteiger partial charge in [0.1, 0.15) is 5.82 Å². The van der Waals surface area contributed by atoms with E-state index in [9.17, 15) is 30.7 Å². The predicted octanol–water partition coefficient (Wildman–Crippen LogP) is 6.72. The van der Waals surface area contributed by atoms with Gasteiger partial charge in [0.25, 0.3) is 0 Å². The molecule has 2 aromatic carbocycles. The van der Waals surface area contributed by atoms with Crippen LogP contribution in [0.2, 0.25) is 0 Å². The van der Waals surface area contributed by atoms with E-state index in [0.717, 1.165) is 37.2 Å². The summed E-state index contributed by atoms with van der Waals surface area (Å²) in [5.74, 6) is 0.0501. The largest absolute Gasteiger partial charge is 0.416 e. The van der Waals surface area contributed by atoms with Crippen LogP contribution in [0.25, 0.3) is 0 Å². The topological polar surface area (TPSA) is 21.3 Å². The van der Waals surface area contributed by atoms with Crippen LogP contribution in [0.5, 0.6) is 0 Å². The smallest absolute Gasteiger partial charge is 0.370 e. The van der Waals surface area contributed by atoms with Gasteiger partial charge in [-0.15, -0.1) is 0 Å². The Labute approximate surface area is 187 Å². The lowest BCUT2D eigenvalue weighted by Crippen LogP contribution is -2.38. The fourth-order valence-electron chi connectivity index (χ4n) is 5.18. The van der Waals surface area contributed by atoms with Crippen molar-refractivity contribution in [1.29, 1.82) is 0 Å². The molecule has 0 amide bonds. The summed E-state index contributed by atoms with van der Waals surface area (Å²) in [6.45, 7) is 3.03. The van der Waals surface area contributed by atoms with E-state index in [1.165, 1.54) is 19.1 Å². The van der Waals surface area contributed by atoms with Gasteiger partial charge in [0.05, 0.1) is 23.3 Å².